The summed E-state index contributed by atoms with van der Waals surface area (Å²) in [5.41, 5.74) is 4.80. The molecule has 0 amide bonds. The van der Waals surface area contributed by atoms with Gasteiger partial charge in [0.1, 0.15) is 5.54 Å². The Morgan fingerprint density at radius 1 is 1.52 bits per heavy atom. The summed E-state index contributed by atoms with van der Waals surface area (Å²) in [6.45, 7) is 0. The Morgan fingerprint density at radius 2 is 2.29 bits per heavy atom. The number of aromatic amines is 1. The van der Waals surface area contributed by atoms with Gasteiger partial charge in [-0.05, 0) is 38.0 Å². The lowest BCUT2D eigenvalue weighted by atomic mass is 9.86. The number of nitrogens with zero attached hydrogens (tertiary/aromatic N) is 2. The minimum Gasteiger partial charge on any atom is -0.480 e. The molecule has 1 aromatic rings. The third kappa shape index (κ3) is 2.74. The van der Waals surface area contributed by atoms with E-state index < -0.39 is 11.5 Å². The van der Waals surface area contributed by atoms with Crippen molar-refractivity contribution in [3.63, 3.8) is 0 Å². The Bertz CT molecular complexity index is 594. The van der Waals surface area contributed by atoms with Crippen molar-refractivity contribution in [3.8, 4) is 0 Å². The lowest BCUT2D eigenvalue weighted by Crippen LogP contribution is -2.51. The van der Waals surface area contributed by atoms with E-state index in [1.54, 1.807) is 4.57 Å². The van der Waals surface area contributed by atoms with Crippen LogP contribution in [0.25, 0.3) is 0 Å². The molecule has 2 unspecified atom stereocenters. The van der Waals surface area contributed by atoms with Gasteiger partial charge in [0, 0.05) is 11.8 Å². The van der Waals surface area contributed by atoms with Crippen LogP contribution in [0, 0.1) is 5.92 Å². The standard InChI is InChI=1S/C13H20N4O3S/c14-13(10(18)19)6-1-2-8(13)5-7-21-12-16-15-11(20)17(12)9-3-4-9/h8-9H,1-7,14H2,(H,15,20)(H,18,19). The number of aromatic nitrogens is 3. The molecule has 0 radical (unpaired) electrons. The summed E-state index contributed by atoms with van der Waals surface area (Å²) in [5.74, 6) is -0.166. The lowest BCUT2D eigenvalue weighted by molar-refractivity contribution is -0.144. The average Bonchev–Trinajstić information content (AvgIpc) is 3.10. The summed E-state index contributed by atoms with van der Waals surface area (Å²) in [5, 5.41) is 16.5. The van der Waals surface area contributed by atoms with Crippen LogP contribution in [0.3, 0.4) is 0 Å². The van der Waals surface area contributed by atoms with Crippen molar-refractivity contribution in [1.29, 1.82) is 0 Å². The van der Waals surface area contributed by atoms with E-state index in [2.05, 4.69) is 10.2 Å². The first kappa shape index (κ1) is 14.6. The van der Waals surface area contributed by atoms with Crippen LogP contribution in [0.15, 0.2) is 9.95 Å². The number of carboxylic acids is 1. The molecular formula is C13H20N4O3S. The smallest absolute Gasteiger partial charge is 0.344 e. The fourth-order valence-electron chi connectivity index (χ4n) is 3.13. The molecule has 3 rings (SSSR count). The van der Waals surface area contributed by atoms with Crippen molar-refractivity contribution in [1.82, 2.24) is 14.8 Å². The van der Waals surface area contributed by atoms with E-state index >= 15 is 0 Å². The zero-order valence-electron chi connectivity index (χ0n) is 11.7. The predicted molar refractivity (Wildman–Crippen MR) is 78.4 cm³/mol. The van der Waals surface area contributed by atoms with Crippen molar-refractivity contribution in [2.75, 3.05) is 5.75 Å². The molecule has 0 aromatic carbocycles. The highest BCUT2D eigenvalue weighted by atomic mass is 32.2. The quantitative estimate of drug-likeness (QED) is 0.674. The van der Waals surface area contributed by atoms with Crippen LogP contribution in [-0.2, 0) is 4.79 Å². The molecule has 1 heterocycles. The van der Waals surface area contributed by atoms with Gasteiger partial charge in [0.15, 0.2) is 5.16 Å². The molecule has 0 saturated heterocycles. The van der Waals surface area contributed by atoms with E-state index in [0.29, 0.717) is 11.6 Å². The number of hydrogen-bond acceptors (Lipinski definition) is 5. The maximum absolute atomic E-state index is 11.7. The second-order valence-corrected chi connectivity index (χ2v) is 7.05. The van der Waals surface area contributed by atoms with E-state index in [1.165, 1.54) is 11.8 Å². The topological polar surface area (TPSA) is 114 Å². The Labute approximate surface area is 126 Å². The second-order valence-electron chi connectivity index (χ2n) is 5.98. The molecule has 2 fully saturated rings. The van der Waals surface area contributed by atoms with Crippen LogP contribution < -0.4 is 11.4 Å². The number of thioether (sulfide) groups is 1. The fourth-order valence-corrected chi connectivity index (χ4v) is 4.19. The molecule has 4 N–H and O–H groups in total. The monoisotopic (exact) mass is 312 g/mol. The van der Waals surface area contributed by atoms with Crippen molar-refractivity contribution in [2.24, 2.45) is 11.7 Å². The van der Waals surface area contributed by atoms with Gasteiger partial charge < -0.3 is 10.8 Å². The number of rotatable bonds is 6. The minimum absolute atomic E-state index is 0.00235. The Hall–Kier alpha value is -1.28. The molecule has 0 spiro atoms. The third-order valence-corrected chi connectivity index (χ3v) is 5.54. The first-order valence-electron chi connectivity index (χ1n) is 7.34. The molecule has 1 aromatic heterocycles. The summed E-state index contributed by atoms with van der Waals surface area (Å²) in [6, 6.07) is 0.290. The minimum atomic E-state index is -1.08. The maximum atomic E-state index is 11.7. The molecule has 0 aliphatic heterocycles. The van der Waals surface area contributed by atoms with E-state index in [1.807, 2.05) is 0 Å². The summed E-state index contributed by atoms with van der Waals surface area (Å²) >= 11 is 1.51. The van der Waals surface area contributed by atoms with Gasteiger partial charge in [0.2, 0.25) is 0 Å². The van der Waals surface area contributed by atoms with Crippen molar-refractivity contribution < 1.29 is 9.90 Å². The van der Waals surface area contributed by atoms with Crippen molar-refractivity contribution >= 4 is 17.7 Å². The Kier molecular flexibility index (Phi) is 3.83. The molecule has 8 heteroatoms. The molecular weight excluding hydrogens is 292 g/mol. The Morgan fingerprint density at radius 3 is 2.95 bits per heavy atom. The molecule has 7 nitrogen and oxygen atoms in total. The Balaban J connectivity index is 1.59. The van der Waals surface area contributed by atoms with Gasteiger partial charge in [-0.25, -0.2) is 9.89 Å². The number of carbonyl (C=O) groups is 1. The van der Waals surface area contributed by atoms with Gasteiger partial charge in [-0.2, -0.15) is 0 Å². The van der Waals surface area contributed by atoms with Gasteiger partial charge >= 0.3 is 11.7 Å². The number of H-pyrrole nitrogens is 1. The van der Waals surface area contributed by atoms with Gasteiger partial charge in [-0.15, -0.1) is 5.10 Å². The highest BCUT2D eigenvalue weighted by molar-refractivity contribution is 7.99. The summed E-state index contributed by atoms with van der Waals surface area (Å²) < 4.78 is 1.71. The molecule has 0 bridgehead atoms. The second kappa shape index (κ2) is 5.49. The number of aliphatic carboxylic acids is 1. The predicted octanol–water partition coefficient (Wildman–Crippen LogP) is 0.971. The zero-order chi connectivity index (χ0) is 15.0. The molecule has 21 heavy (non-hydrogen) atoms. The van der Waals surface area contributed by atoms with Crippen LogP contribution in [0.2, 0.25) is 0 Å². The lowest BCUT2D eigenvalue weighted by Gasteiger charge is -2.26. The number of nitrogens with two attached hydrogens (primary N) is 1. The normalized spacial score (nSPS) is 28.9. The summed E-state index contributed by atoms with van der Waals surface area (Å²) in [6.07, 6.45) is 5.07. The van der Waals surface area contributed by atoms with Gasteiger partial charge in [-0.1, -0.05) is 18.2 Å². The molecule has 116 valence electrons. The fraction of sp³-hybridized carbons (Fsp3) is 0.769. The largest absolute Gasteiger partial charge is 0.480 e. The molecule has 2 saturated carbocycles. The maximum Gasteiger partial charge on any atom is 0.344 e. The van der Waals surface area contributed by atoms with Crippen LogP contribution in [-0.4, -0.2) is 37.1 Å². The van der Waals surface area contributed by atoms with E-state index in [-0.39, 0.29) is 17.6 Å². The molecule has 2 aliphatic rings. The first-order chi connectivity index (χ1) is 10.0. The van der Waals surface area contributed by atoms with Gasteiger partial charge in [-0.3, -0.25) is 9.36 Å². The van der Waals surface area contributed by atoms with E-state index in [0.717, 1.165) is 37.9 Å². The van der Waals surface area contributed by atoms with Gasteiger partial charge in [0.05, 0.1) is 0 Å². The summed E-state index contributed by atoms with van der Waals surface area (Å²) in [4.78, 5) is 23.0. The van der Waals surface area contributed by atoms with Crippen LogP contribution in [0.4, 0.5) is 0 Å². The number of carboxylic acid groups (broad SMARTS) is 1. The average molecular weight is 312 g/mol. The van der Waals surface area contributed by atoms with Crippen LogP contribution in [0.1, 0.15) is 44.6 Å². The van der Waals surface area contributed by atoms with Crippen LogP contribution in [0.5, 0.6) is 0 Å². The first-order valence-corrected chi connectivity index (χ1v) is 8.33. The highest BCUT2D eigenvalue weighted by Crippen LogP contribution is 2.39. The highest BCUT2D eigenvalue weighted by Gasteiger charge is 2.45. The SMILES string of the molecule is NC1(C(=O)O)CCCC1CCSc1n[nH]c(=O)n1C1CC1. The number of nitrogens with one attached hydrogen (secondary N) is 1. The van der Waals surface area contributed by atoms with Gasteiger partial charge in [0.25, 0.3) is 0 Å². The van der Waals surface area contributed by atoms with E-state index in [4.69, 9.17) is 5.73 Å². The van der Waals surface area contributed by atoms with E-state index in [9.17, 15) is 14.7 Å². The number of hydrogen-bond donors (Lipinski definition) is 3. The summed E-state index contributed by atoms with van der Waals surface area (Å²) in [7, 11) is 0. The molecule has 2 atom stereocenters. The van der Waals surface area contributed by atoms with Crippen molar-refractivity contribution in [2.45, 2.75) is 55.3 Å². The zero-order valence-corrected chi connectivity index (χ0v) is 12.6. The molecule has 2 aliphatic carbocycles. The van der Waals surface area contributed by atoms with Crippen molar-refractivity contribution in [3.05, 3.63) is 10.5 Å². The van der Waals surface area contributed by atoms with Crippen LogP contribution >= 0.6 is 11.8 Å². The third-order valence-electron chi connectivity index (χ3n) is 4.55.